The van der Waals surface area contributed by atoms with E-state index in [1.54, 1.807) is 11.9 Å². The Morgan fingerprint density at radius 2 is 2.07 bits per heavy atom. The fraction of sp³-hybridized carbons (Fsp3) is 1.00. The first kappa shape index (κ1) is 12.8. The average molecular weight is 220 g/mol. The molecular weight excluding hydrogens is 198 g/mol. The fourth-order valence-corrected chi connectivity index (χ4v) is 2.16. The lowest BCUT2D eigenvalue weighted by Gasteiger charge is -2.43. The third kappa shape index (κ3) is 2.88. The summed E-state index contributed by atoms with van der Waals surface area (Å²) < 4.78 is 27.7. The van der Waals surface area contributed by atoms with Crippen LogP contribution in [0.2, 0.25) is 0 Å². The predicted octanol–water partition coefficient (Wildman–Crippen LogP) is 2.06. The number of halogens is 2. The first-order chi connectivity index (χ1) is 6.88. The van der Waals surface area contributed by atoms with Crippen molar-refractivity contribution in [3.63, 3.8) is 0 Å². The Kier molecular flexibility index (Phi) is 4.06. The van der Waals surface area contributed by atoms with Gasteiger partial charge >= 0.3 is 0 Å². The van der Waals surface area contributed by atoms with E-state index in [0.717, 1.165) is 6.54 Å². The lowest BCUT2D eigenvalue weighted by Crippen LogP contribution is -2.58. The van der Waals surface area contributed by atoms with E-state index >= 15 is 0 Å². The predicted molar refractivity (Wildman–Crippen MR) is 58.4 cm³/mol. The molecule has 1 heterocycles. The molecule has 0 aliphatic carbocycles. The minimum atomic E-state index is -2.58. The van der Waals surface area contributed by atoms with E-state index < -0.39 is 12.0 Å². The van der Waals surface area contributed by atoms with Gasteiger partial charge in [0.1, 0.15) is 0 Å². The zero-order valence-corrected chi connectivity index (χ0v) is 10.1. The molecule has 0 saturated carbocycles. The van der Waals surface area contributed by atoms with Gasteiger partial charge in [-0.3, -0.25) is 9.80 Å². The van der Waals surface area contributed by atoms with Crippen molar-refractivity contribution in [2.75, 3.05) is 26.7 Å². The summed E-state index contributed by atoms with van der Waals surface area (Å²) in [6.07, 6.45) is 0.565. The van der Waals surface area contributed by atoms with Crippen LogP contribution in [0.25, 0.3) is 0 Å². The minimum absolute atomic E-state index is 0.0975. The maximum atomic E-state index is 13.8. The van der Waals surface area contributed by atoms with Gasteiger partial charge in [-0.15, -0.1) is 0 Å². The van der Waals surface area contributed by atoms with E-state index in [1.807, 2.05) is 25.7 Å². The number of piperidine rings is 1. The second kappa shape index (κ2) is 4.74. The van der Waals surface area contributed by atoms with Crippen molar-refractivity contribution in [1.29, 1.82) is 0 Å². The van der Waals surface area contributed by atoms with Crippen LogP contribution in [0, 0.1) is 0 Å². The summed E-state index contributed by atoms with van der Waals surface area (Å²) >= 11 is 0. The average Bonchev–Trinajstić information content (AvgIpc) is 2.15. The topological polar surface area (TPSA) is 6.48 Å². The molecule has 0 radical (unpaired) electrons. The van der Waals surface area contributed by atoms with Crippen LogP contribution >= 0.6 is 0 Å². The van der Waals surface area contributed by atoms with Crippen molar-refractivity contribution < 1.29 is 8.78 Å². The second-order valence-electron chi connectivity index (χ2n) is 4.70. The minimum Gasteiger partial charge on any atom is -0.298 e. The quantitative estimate of drug-likeness (QED) is 0.718. The molecule has 1 aliphatic heterocycles. The molecule has 2 nitrogen and oxygen atoms in total. The Morgan fingerprint density at radius 1 is 1.47 bits per heavy atom. The molecule has 0 amide bonds. The number of rotatable bonds is 3. The summed E-state index contributed by atoms with van der Waals surface area (Å²) in [5, 5.41) is 0. The molecule has 1 aliphatic rings. The van der Waals surface area contributed by atoms with Gasteiger partial charge in [0.15, 0.2) is 0 Å². The molecule has 0 aromatic rings. The summed E-state index contributed by atoms with van der Waals surface area (Å²) in [6.45, 7) is 7.23. The molecule has 0 spiro atoms. The maximum absolute atomic E-state index is 13.8. The third-order valence-corrected chi connectivity index (χ3v) is 3.35. The van der Waals surface area contributed by atoms with E-state index in [4.69, 9.17) is 0 Å². The fourth-order valence-electron chi connectivity index (χ4n) is 2.16. The summed E-state index contributed by atoms with van der Waals surface area (Å²) in [5.74, 6) is -2.58. The highest BCUT2D eigenvalue weighted by Crippen LogP contribution is 2.31. The van der Waals surface area contributed by atoms with Gasteiger partial charge in [-0.2, -0.15) is 0 Å². The van der Waals surface area contributed by atoms with E-state index in [0.29, 0.717) is 13.0 Å². The molecule has 0 aromatic carbocycles. The zero-order chi connectivity index (χ0) is 11.6. The number of likely N-dealkylation sites (tertiary alicyclic amines) is 1. The maximum Gasteiger partial charge on any atom is 0.275 e. The summed E-state index contributed by atoms with van der Waals surface area (Å²) in [6, 6.07) is -0.374. The highest BCUT2D eigenvalue weighted by molar-refractivity contribution is 4.92. The van der Waals surface area contributed by atoms with Crippen molar-refractivity contribution in [1.82, 2.24) is 9.80 Å². The molecule has 1 fully saturated rings. The van der Waals surface area contributed by atoms with Crippen LogP contribution in [0.3, 0.4) is 0 Å². The molecule has 0 bridgehead atoms. The molecule has 4 heteroatoms. The van der Waals surface area contributed by atoms with Crippen LogP contribution in [0.5, 0.6) is 0 Å². The van der Waals surface area contributed by atoms with Crippen LogP contribution in [-0.2, 0) is 0 Å². The van der Waals surface area contributed by atoms with Gasteiger partial charge in [0.05, 0.1) is 12.6 Å². The van der Waals surface area contributed by atoms with E-state index in [-0.39, 0.29) is 12.6 Å². The number of hydrogen-bond donors (Lipinski definition) is 0. The molecule has 1 saturated heterocycles. The lowest BCUT2D eigenvalue weighted by atomic mass is 9.98. The summed E-state index contributed by atoms with van der Waals surface area (Å²) in [4.78, 5) is 3.62. The van der Waals surface area contributed by atoms with Gasteiger partial charge in [-0.1, -0.05) is 6.92 Å². The molecule has 1 rings (SSSR count). The lowest BCUT2D eigenvalue weighted by molar-refractivity contribution is -0.126. The summed E-state index contributed by atoms with van der Waals surface area (Å²) in [5.41, 5.74) is 0. The highest BCUT2D eigenvalue weighted by atomic mass is 19.3. The van der Waals surface area contributed by atoms with Crippen LogP contribution in [0.15, 0.2) is 0 Å². The van der Waals surface area contributed by atoms with Crippen molar-refractivity contribution in [2.45, 2.75) is 45.2 Å². The molecule has 1 atom stereocenters. The van der Waals surface area contributed by atoms with E-state index in [2.05, 4.69) is 0 Å². The molecule has 0 N–H and O–H groups in total. The molecule has 15 heavy (non-hydrogen) atoms. The molecule has 1 unspecified atom stereocenters. The van der Waals surface area contributed by atoms with Crippen LogP contribution in [0.1, 0.15) is 27.2 Å². The monoisotopic (exact) mass is 220 g/mol. The highest BCUT2D eigenvalue weighted by Gasteiger charge is 2.46. The normalized spacial score (nSPS) is 27.6. The van der Waals surface area contributed by atoms with Crippen LogP contribution in [-0.4, -0.2) is 54.5 Å². The Bertz CT molecular complexity index is 207. The molecule has 0 aromatic heterocycles. The summed E-state index contributed by atoms with van der Waals surface area (Å²) in [7, 11) is 1.78. The van der Waals surface area contributed by atoms with E-state index in [1.165, 1.54) is 0 Å². The van der Waals surface area contributed by atoms with Gasteiger partial charge in [0, 0.05) is 12.6 Å². The Hall–Kier alpha value is -0.220. The number of alkyl halides is 2. The van der Waals surface area contributed by atoms with Gasteiger partial charge in [-0.05, 0) is 33.9 Å². The van der Waals surface area contributed by atoms with Gasteiger partial charge < -0.3 is 0 Å². The van der Waals surface area contributed by atoms with Crippen LogP contribution < -0.4 is 0 Å². The largest absolute Gasteiger partial charge is 0.298 e. The second-order valence-corrected chi connectivity index (χ2v) is 4.70. The van der Waals surface area contributed by atoms with Crippen LogP contribution in [0.4, 0.5) is 8.78 Å². The van der Waals surface area contributed by atoms with Gasteiger partial charge in [-0.25, -0.2) is 8.78 Å². The van der Waals surface area contributed by atoms with Crippen molar-refractivity contribution >= 4 is 0 Å². The zero-order valence-electron chi connectivity index (χ0n) is 10.1. The van der Waals surface area contributed by atoms with Gasteiger partial charge in [0.25, 0.3) is 5.92 Å². The Balaban J connectivity index is 2.66. The Morgan fingerprint density at radius 3 is 2.47 bits per heavy atom. The van der Waals surface area contributed by atoms with Gasteiger partial charge in [0.2, 0.25) is 0 Å². The van der Waals surface area contributed by atoms with Crippen molar-refractivity contribution in [2.24, 2.45) is 0 Å². The number of hydrogen-bond acceptors (Lipinski definition) is 2. The first-order valence-electron chi connectivity index (χ1n) is 5.70. The van der Waals surface area contributed by atoms with Crippen molar-refractivity contribution in [3.05, 3.63) is 0 Å². The van der Waals surface area contributed by atoms with E-state index in [9.17, 15) is 8.78 Å². The smallest absolute Gasteiger partial charge is 0.275 e. The third-order valence-electron chi connectivity index (χ3n) is 3.35. The first-order valence-corrected chi connectivity index (χ1v) is 5.70. The molecule has 90 valence electrons. The standard InChI is InChI=1S/C11H22F2N2/c1-5-14(4)10-6-7-15(9(2)3)8-11(10,12)13/h9-10H,5-8H2,1-4H3. The number of nitrogens with zero attached hydrogens (tertiary/aromatic N) is 2. The SMILES string of the molecule is CCN(C)C1CCN(C(C)C)CC1(F)F. The molecular formula is C11H22F2N2. The Labute approximate surface area is 91.2 Å². The van der Waals surface area contributed by atoms with Crippen molar-refractivity contribution in [3.8, 4) is 0 Å².